The van der Waals surface area contributed by atoms with Gasteiger partial charge in [-0.05, 0) is 24.1 Å². The van der Waals surface area contributed by atoms with E-state index in [0.717, 1.165) is 13.0 Å². The third kappa shape index (κ3) is 1.21. The molecule has 1 aromatic rings. The highest BCUT2D eigenvalue weighted by Crippen LogP contribution is 2.21. The molecule has 1 aliphatic rings. The summed E-state index contributed by atoms with van der Waals surface area (Å²) in [5.74, 6) is 0. The highest BCUT2D eigenvalue weighted by molar-refractivity contribution is 5.33. The van der Waals surface area contributed by atoms with Crippen LogP contribution in [0.4, 0.5) is 0 Å². The van der Waals surface area contributed by atoms with Crippen molar-refractivity contribution in [2.75, 3.05) is 6.54 Å². The molecule has 0 saturated carbocycles. The van der Waals surface area contributed by atoms with Gasteiger partial charge in [0.1, 0.15) is 0 Å². The maximum Gasteiger partial charge on any atom is 0.0740 e. The van der Waals surface area contributed by atoms with Crippen molar-refractivity contribution < 1.29 is 4.74 Å². The fourth-order valence-electron chi connectivity index (χ4n) is 1.52. The standard InChI is InChI=1S/C9H12N2O/c10-2-1-7-3-11-4-8-5-12-6-9(7)8/h3-4H,1-2,5-6,10H2. The molecule has 12 heavy (non-hydrogen) atoms. The normalized spacial score (nSPS) is 14.8. The number of ether oxygens (including phenoxy) is 1. The van der Waals surface area contributed by atoms with Gasteiger partial charge in [0, 0.05) is 18.0 Å². The summed E-state index contributed by atoms with van der Waals surface area (Å²) in [4.78, 5) is 4.14. The van der Waals surface area contributed by atoms with Gasteiger partial charge in [-0.3, -0.25) is 4.98 Å². The molecule has 0 unspecified atom stereocenters. The molecule has 0 spiro atoms. The van der Waals surface area contributed by atoms with Crippen molar-refractivity contribution in [2.45, 2.75) is 19.6 Å². The largest absolute Gasteiger partial charge is 0.372 e. The Bertz CT molecular complexity index is 286. The zero-order chi connectivity index (χ0) is 8.39. The van der Waals surface area contributed by atoms with E-state index in [9.17, 15) is 0 Å². The summed E-state index contributed by atoms with van der Waals surface area (Å²) in [6.07, 6.45) is 4.67. The zero-order valence-electron chi connectivity index (χ0n) is 6.92. The first-order valence-electron chi connectivity index (χ1n) is 4.14. The topological polar surface area (TPSA) is 48.1 Å². The summed E-state index contributed by atoms with van der Waals surface area (Å²) in [7, 11) is 0. The summed E-state index contributed by atoms with van der Waals surface area (Å²) < 4.78 is 5.32. The second-order valence-corrected chi connectivity index (χ2v) is 2.97. The number of nitrogens with two attached hydrogens (primary N) is 1. The van der Waals surface area contributed by atoms with E-state index in [1.807, 2.05) is 12.4 Å². The van der Waals surface area contributed by atoms with Gasteiger partial charge in [-0.25, -0.2) is 0 Å². The Morgan fingerprint density at radius 2 is 2.33 bits per heavy atom. The van der Waals surface area contributed by atoms with Crippen molar-refractivity contribution in [1.82, 2.24) is 4.98 Å². The van der Waals surface area contributed by atoms with Crippen molar-refractivity contribution in [1.29, 1.82) is 0 Å². The molecule has 3 heteroatoms. The molecule has 0 aromatic carbocycles. The molecule has 1 aliphatic heterocycles. The molecule has 2 rings (SSSR count). The minimum absolute atomic E-state index is 0.679. The third-order valence-corrected chi connectivity index (χ3v) is 2.15. The monoisotopic (exact) mass is 164 g/mol. The molecule has 3 nitrogen and oxygen atoms in total. The fourth-order valence-corrected chi connectivity index (χ4v) is 1.52. The Hall–Kier alpha value is -0.930. The van der Waals surface area contributed by atoms with Gasteiger partial charge in [0.15, 0.2) is 0 Å². The van der Waals surface area contributed by atoms with Crippen LogP contribution >= 0.6 is 0 Å². The fraction of sp³-hybridized carbons (Fsp3) is 0.444. The van der Waals surface area contributed by atoms with Crippen molar-refractivity contribution in [3.05, 3.63) is 29.1 Å². The number of pyridine rings is 1. The molecular weight excluding hydrogens is 152 g/mol. The van der Waals surface area contributed by atoms with Gasteiger partial charge < -0.3 is 10.5 Å². The molecular formula is C9H12N2O. The van der Waals surface area contributed by atoms with E-state index in [-0.39, 0.29) is 0 Å². The Balaban J connectivity index is 2.36. The lowest BCUT2D eigenvalue weighted by Gasteiger charge is -2.03. The summed E-state index contributed by atoms with van der Waals surface area (Å²) in [6.45, 7) is 2.12. The zero-order valence-corrected chi connectivity index (χ0v) is 6.92. The molecule has 1 aromatic heterocycles. The minimum atomic E-state index is 0.679. The van der Waals surface area contributed by atoms with E-state index in [1.54, 1.807) is 0 Å². The lowest BCUT2D eigenvalue weighted by Crippen LogP contribution is -2.05. The molecule has 0 saturated heterocycles. The van der Waals surface area contributed by atoms with Crippen molar-refractivity contribution in [2.24, 2.45) is 5.73 Å². The first kappa shape index (κ1) is 7.71. The van der Waals surface area contributed by atoms with Gasteiger partial charge in [0.05, 0.1) is 13.2 Å². The van der Waals surface area contributed by atoms with Gasteiger partial charge in [-0.15, -0.1) is 0 Å². The van der Waals surface area contributed by atoms with Gasteiger partial charge in [-0.2, -0.15) is 0 Å². The van der Waals surface area contributed by atoms with Crippen molar-refractivity contribution >= 4 is 0 Å². The first-order valence-corrected chi connectivity index (χ1v) is 4.14. The van der Waals surface area contributed by atoms with Gasteiger partial charge in [0.2, 0.25) is 0 Å². The number of hydrogen-bond acceptors (Lipinski definition) is 3. The SMILES string of the molecule is NCCc1cncc2c1COC2. The predicted molar refractivity (Wildman–Crippen MR) is 45.5 cm³/mol. The molecule has 0 bridgehead atoms. The lowest BCUT2D eigenvalue weighted by molar-refractivity contribution is 0.134. The molecule has 0 radical (unpaired) electrons. The number of rotatable bonds is 2. The first-order chi connectivity index (χ1) is 5.92. The van der Waals surface area contributed by atoms with E-state index in [2.05, 4.69) is 4.98 Å². The number of nitrogens with zero attached hydrogens (tertiary/aromatic N) is 1. The van der Waals surface area contributed by atoms with Crippen molar-refractivity contribution in [3.8, 4) is 0 Å². The third-order valence-electron chi connectivity index (χ3n) is 2.15. The molecule has 2 heterocycles. The Morgan fingerprint density at radius 3 is 3.17 bits per heavy atom. The molecule has 0 fully saturated rings. The van der Waals surface area contributed by atoms with Crippen molar-refractivity contribution in [3.63, 3.8) is 0 Å². The van der Waals surface area contributed by atoms with Crippen LogP contribution in [0.1, 0.15) is 16.7 Å². The Kier molecular flexibility index (Phi) is 2.06. The highest BCUT2D eigenvalue weighted by atomic mass is 16.5. The van der Waals surface area contributed by atoms with E-state index < -0.39 is 0 Å². The van der Waals surface area contributed by atoms with Gasteiger partial charge >= 0.3 is 0 Å². The molecule has 0 amide bonds. The molecule has 2 N–H and O–H groups in total. The van der Waals surface area contributed by atoms with E-state index in [0.29, 0.717) is 13.2 Å². The van der Waals surface area contributed by atoms with Crippen LogP contribution in [-0.2, 0) is 24.4 Å². The molecule has 0 aliphatic carbocycles. The van der Waals surface area contributed by atoms with Crippen LogP contribution in [0.5, 0.6) is 0 Å². The Morgan fingerprint density at radius 1 is 1.42 bits per heavy atom. The summed E-state index contributed by atoms with van der Waals surface area (Å²) >= 11 is 0. The summed E-state index contributed by atoms with van der Waals surface area (Å²) in [5, 5.41) is 0. The summed E-state index contributed by atoms with van der Waals surface area (Å²) in [5.41, 5.74) is 9.25. The average Bonchev–Trinajstić information content (AvgIpc) is 2.53. The van der Waals surface area contributed by atoms with Crippen LogP contribution in [0.25, 0.3) is 0 Å². The highest BCUT2D eigenvalue weighted by Gasteiger charge is 2.14. The number of aromatic nitrogens is 1. The lowest BCUT2D eigenvalue weighted by atomic mass is 10.1. The van der Waals surface area contributed by atoms with E-state index >= 15 is 0 Å². The second kappa shape index (κ2) is 3.21. The number of hydrogen-bond donors (Lipinski definition) is 1. The average molecular weight is 164 g/mol. The van der Waals surface area contributed by atoms with Gasteiger partial charge in [0.25, 0.3) is 0 Å². The van der Waals surface area contributed by atoms with Crippen LogP contribution in [0.2, 0.25) is 0 Å². The smallest absolute Gasteiger partial charge is 0.0740 e. The predicted octanol–water partition coefficient (Wildman–Crippen LogP) is 0.613. The van der Waals surface area contributed by atoms with Gasteiger partial charge in [-0.1, -0.05) is 0 Å². The summed E-state index contributed by atoms with van der Waals surface area (Å²) in [6, 6.07) is 0. The van der Waals surface area contributed by atoms with Crippen LogP contribution in [0, 0.1) is 0 Å². The van der Waals surface area contributed by atoms with Crippen LogP contribution in [0.15, 0.2) is 12.4 Å². The number of fused-ring (bicyclic) bond motifs is 1. The van der Waals surface area contributed by atoms with E-state index in [1.165, 1.54) is 16.7 Å². The minimum Gasteiger partial charge on any atom is -0.372 e. The maximum absolute atomic E-state index is 5.49. The Labute approximate surface area is 71.6 Å². The quantitative estimate of drug-likeness (QED) is 0.696. The second-order valence-electron chi connectivity index (χ2n) is 2.97. The van der Waals surface area contributed by atoms with Crippen LogP contribution in [0.3, 0.4) is 0 Å². The van der Waals surface area contributed by atoms with Crippen LogP contribution < -0.4 is 5.73 Å². The molecule has 0 atom stereocenters. The van der Waals surface area contributed by atoms with Crippen LogP contribution in [-0.4, -0.2) is 11.5 Å². The maximum atomic E-state index is 5.49. The molecule has 64 valence electrons. The van der Waals surface area contributed by atoms with E-state index in [4.69, 9.17) is 10.5 Å².